The van der Waals surface area contributed by atoms with Crippen molar-refractivity contribution in [3.8, 4) is 11.2 Å². The topological polar surface area (TPSA) is 9.23 Å². The molecular formula is C5H7LiOS. The summed E-state index contributed by atoms with van der Waals surface area (Å²) in [6.07, 6.45) is 1.91. The molecule has 0 saturated carbocycles. The third-order valence-corrected chi connectivity index (χ3v) is 0.660. The van der Waals surface area contributed by atoms with E-state index in [0.717, 1.165) is 0 Å². The Morgan fingerprint density at radius 2 is 2.25 bits per heavy atom. The van der Waals surface area contributed by atoms with Crippen molar-refractivity contribution < 1.29 is 23.6 Å². The van der Waals surface area contributed by atoms with Crippen LogP contribution in [0.4, 0.5) is 0 Å². The molecule has 0 N–H and O–H groups in total. The molecule has 3 heteroatoms. The van der Waals surface area contributed by atoms with E-state index in [0.29, 0.717) is 0 Å². The summed E-state index contributed by atoms with van der Waals surface area (Å²) < 4.78 is 4.53. The fourth-order valence-electron chi connectivity index (χ4n) is 0.142. The van der Waals surface area contributed by atoms with Gasteiger partial charge in [-0.05, 0) is 6.26 Å². The zero-order valence-corrected chi connectivity index (χ0v) is 6.21. The summed E-state index contributed by atoms with van der Waals surface area (Å²) in [6, 6.07) is 0. The second kappa shape index (κ2) is 10.3. The van der Waals surface area contributed by atoms with Crippen LogP contribution in [0.2, 0.25) is 0 Å². The van der Waals surface area contributed by atoms with Crippen LogP contribution in [0, 0.1) is 17.8 Å². The van der Waals surface area contributed by atoms with E-state index < -0.39 is 0 Å². The molecule has 0 aliphatic carbocycles. The molecule has 8 heavy (non-hydrogen) atoms. The first-order chi connectivity index (χ1) is 3.41. The third-order valence-electron chi connectivity index (χ3n) is 0.338. The predicted molar refractivity (Wildman–Crippen MR) is 32.6 cm³/mol. The third kappa shape index (κ3) is 9.60. The van der Waals surface area contributed by atoms with Gasteiger partial charge in [0.05, 0.1) is 0 Å². The molecule has 1 nitrogen and oxygen atoms in total. The van der Waals surface area contributed by atoms with E-state index in [1.165, 1.54) is 18.4 Å². The van der Waals surface area contributed by atoms with Crippen molar-refractivity contribution in [2.75, 3.05) is 13.4 Å². The predicted octanol–water partition coefficient (Wildman–Crippen LogP) is -1.88. The molecule has 0 saturated heterocycles. The van der Waals surface area contributed by atoms with E-state index in [1.54, 1.807) is 7.11 Å². The Morgan fingerprint density at radius 3 is 2.62 bits per heavy atom. The van der Waals surface area contributed by atoms with E-state index in [1.807, 2.05) is 6.26 Å². The van der Waals surface area contributed by atoms with Crippen LogP contribution in [0.1, 0.15) is 0 Å². The molecule has 0 spiro atoms. The van der Waals surface area contributed by atoms with E-state index in [-0.39, 0.29) is 18.9 Å². The van der Waals surface area contributed by atoms with E-state index >= 15 is 0 Å². The Labute approximate surface area is 66.7 Å². The van der Waals surface area contributed by atoms with Gasteiger partial charge >= 0.3 is 18.9 Å². The quantitative estimate of drug-likeness (QED) is 0.229. The first kappa shape index (κ1) is 11.2. The molecule has 0 aromatic heterocycles. The first-order valence-corrected chi connectivity index (χ1v) is 3.02. The molecule has 0 amide bonds. The van der Waals surface area contributed by atoms with Crippen molar-refractivity contribution in [1.29, 1.82) is 0 Å². The molecule has 0 rings (SSSR count). The van der Waals surface area contributed by atoms with Crippen LogP contribution in [0.25, 0.3) is 0 Å². The summed E-state index contributed by atoms with van der Waals surface area (Å²) in [5.41, 5.74) is 0. The van der Waals surface area contributed by atoms with Crippen LogP contribution in [0.15, 0.2) is 0 Å². The molecule has 0 unspecified atom stereocenters. The van der Waals surface area contributed by atoms with Crippen LogP contribution in [-0.4, -0.2) is 13.4 Å². The Morgan fingerprint density at radius 1 is 1.62 bits per heavy atom. The van der Waals surface area contributed by atoms with Crippen molar-refractivity contribution in [2.24, 2.45) is 0 Å². The summed E-state index contributed by atoms with van der Waals surface area (Å²) in [5.74, 6) is 2.65. The zero-order chi connectivity index (χ0) is 5.54. The second-order valence-corrected chi connectivity index (χ2v) is 1.42. The molecule has 0 fully saturated rings. The van der Waals surface area contributed by atoms with E-state index in [4.69, 9.17) is 0 Å². The number of hydrogen-bond acceptors (Lipinski definition) is 2. The van der Waals surface area contributed by atoms with Gasteiger partial charge in [-0.15, -0.1) is 0 Å². The number of methoxy groups -OCH3 is 1. The van der Waals surface area contributed by atoms with Gasteiger partial charge in [0.2, 0.25) is 0 Å². The van der Waals surface area contributed by atoms with Gasteiger partial charge in [0, 0.05) is 7.11 Å². The Bertz CT molecular complexity index is 84.2. The molecule has 0 aromatic rings. The SMILES string of the molecule is CO[CH-]C#CSC.[Li+]. The first-order valence-electron chi connectivity index (χ1n) is 1.79. The van der Waals surface area contributed by atoms with Gasteiger partial charge in [-0.1, -0.05) is 6.61 Å². The number of rotatable bonds is 1. The molecule has 0 aliphatic rings. The van der Waals surface area contributed by atoms with Gasteiger partial charge in [-0.3, -0.25) is 11.2 Å². The van der Waals surface area contributed by atoms with Crippen molar-refractivity contribution >= 4 is 11.8 Å². The molecule has 0 heterocycles. The number of hydrogen-bond donors (Lipinski definition) is 0. The molecule has 40 valence electrons. The monoisotopic (exact) mass is 122 g/mol. The fourth-order valence-corrected chi connectivity index (χ4v) is 0.308. The summed E-state index contributed by atoms with van der Waals surface area (Å²) in [6.45, 7) is 1.45. The minimum Gasteiger partial charge on any atom is -0.437 e. The largest absolute Gasteiger partial charge is 1.00 e. The summed E-state index contributed by atoms with van der Waals surface area (Å²) in [5, 5.41) is 2.74. The summed E-state index contributed by atoms with van der Waals surface area (Å²) in [4.78, 5) is 0. The average Bonchev–Trinajstić information content (AvgIpc) is 1.69. The van der Waals surface area contributed by atoms with Crippen LogP contribution in [-0.2, 0) is 4.74 Å². The maximum atomic E-state index is 4.53. The molecule has 0 atom stereocenters. The normalized spacial score (nSPS) is 5.75. The van der Waals surface area contributed by atoms with Gasteiger partial charge in [0.15, 0.2) is 0 Å². The van der Waals surface area contributed by atoms with Crippen LogP contribution in [0.3, 0.4) is 0 Å². The van der Waals surface area contributed by atoms with Crippen molar-refractivity contribution in [3.05, 3.63) is 6.61 Å². The van der Waals surface area contributed by atoms with Gasteiger partial charge in [0.25, 0.3) is 0 Å². The van der Waals surface area contributed by atoms with Crippen LogP contribution >= 0.6 is 11.8 Å². The van der Waals surface area contributed by atoms with E-state index in [9.17, 15) is 0 Å². The zero-order valence-electron chi connectivity index (χ0n) is 5.39. The summed E-state index contributed by atoms with van der Waals surface area (Å²) >= 11 is 1.47. The smallest absolute Gasteiger partial charge is 0.437 e. The van der Waals surface area contributed by atoms with Crippen LogP contribution in [0.5, 0.6) is 0 Å². The Kier molecular flexibility index (Phi) is 14.5. The number of ether oxygens (including phenoxy) is 1. The Hall–Kier alpha value is 0.337. The van der Waals surface area contributed by atoms with Crippen molar-refractivity contribution in [1.82, 2.24) is 0 Å². The molecule has 0 bridgehead atoms. The van der Waals surface area contributed by atoms with Gasteiger partial charge in [-0.2, -0.15) is 11.8 Å². The maximum absolute atomic E-state index is 4.53. The van der Waals surface area contributed by atoms with E-state index in [2.05, 4.69) is 15.9 Å². The van der Waals surface area contributed by atoms with Crippen LogP contribution < -0.4 is 18.9 Å². The van der Waals surface area contributed by atoms with Gasteiger partial charge in [-0.25, -0.2) is 0 Å². The molecule has 0 aliphatic heterocycles. The average molecular weight is 122 g/mol. The molecular weight excluding hydrogens is 115 g/mol. The van der Waals surface area contributed by atoms with Crippen molar-refractivity contribution in [2.45, 2.75) is 0 Å². The van der Waals surface area contributed by atoms with Gasteiger partial charge in [0.1, 0.15) is 0 Å². The molecule has 0 radical (unpaired) electrons. The van der Waals surface area contributed by atoms with Crippen molar-refractivity contribution in [3.63, 3.8) is 0 Å². The fraction of sp³-hybridized carbons (Fsp3) is 0.400. The second-order valence-electron chi connectivity index (χ2n) is 0.804. The Balaban J connectivity index is 0. The summed E-state index contributed by atoms with van der Waals surface area (Å²) in [7, 11) is 1.58. The van der Waals surface area contributed by atoms with Gasteiger partial charge < -0.3 is 4.74 Å². The minimum atomic E-state index is 0. The minimum absolute atomic E-state index is 0. The maximum Gasteiger partial charge on any atom is 1.00 e. The molecule has 0 aromatic carbocycles. The number of thioether (sulfide) groups is 1. The standard InChI is InChI=1S/C5H7OS.Li/c1-6-4-3-5-7-2;/h4H,1-2H3;/q-1;+1.